The number of aliphatic hydroxyl groups excluding tert-OH is 1. The molecular weight excluding hydrogens is 242 g/mol. The number of rotatable bonds is 4. The molecule has 1 atom stereocenters. The molecule has 2 N–H and O–H groups in total. The summed E-state index contributed by atoms with van der Waals surface area (Å²) < 4.78 is 10.6. The molecule has 1 aliphatic carbocycles. The van der Waals surface area contributed by atoms with Gasteiger partial charge in [0.25, 0.3) is 0 Å². The molecule has 1 aromatic rings. The largest absolute Gasteiger partial charge is 0.496 e. The van der Waals surface area contributed by atoms with Crippen molar-refractivity contribution in [2.24, 2.45) is 0 Å². The van der Waals surface area contributed by atoms with Crippen LogP contribution in [0.4, 0.5) is 0 Å². The van der Waals surface area contributed by atoms with Gasteiger partial charge in [-0.1, -0.05) is 6.07 Å². The van der Waals surface area contributed by atoms with E-state index in [9.17, 15) is 5.11 Å². The normalized spacial score (nSPS) is 14.9. The second kappa shape index (κ2) is 5.61. The van der Waals surface area contributed by atoms with Crippen molar-refractivity contribution < 1.29 is 14.6 Å². The molecule has 2 rings (SSSR count). The van der Waals surface area contributed by atoms with Crippen LogP contribution in [-0.2, 0) is 17.6 Å². The van der Waals surface area contributed by atoms with Gasteiger partial charge in [0.15, 0.2) is 6.10 Å². The Hall–Kier alpha value is -1.55. The fourth-order valence-corrected chi connectivity index (χ4v) is 2.84. The average Bonchev–Trinajstić information content (AvgIpc) is 2.84. The van der Waals surface area contributed by atoms with E-state index in [-0.39, 0.29) is 5.90 Å². The van der Waals surface area contributed by atoms with Crippen molar-refractivity contribution in [2.45, 2.75) is 39.2 Å². The van der Waals surface area contributed by atoms with Gasteiger partial charge in [0.05, 0.1) is 13.7 Å². The topological polar surface area (TPSA) is 62.5 Å². The van der Waals surface area contributed by atoms with Crippen molar-refractivity contribution in [3.63, 3.8) is 0 Å². The van der Waals surface area contributed by atoms with Gasteiger partial charge in [-0.2, -0.15) is 0 Å². The van der Waals surface area contributed by atoms with Gasteiger partial charge in [-0.15, -0.1) is 0 Å². The van der Waals surface area contributed by atoms with Crippen molar-refractivity contribution >= 4 is 5.90 Å². The maximum atomic E-state index is 10.4. The zero-order valence-electron chi connectivity index (χ0n) is 11.7. The molecule has 0 bridgehead atoms. The third kappa shape index (κ3) is 2.45. The predicted octanol–water partition coefficient (Wildman–Crippen LogP) is 2.54. The first kappa shape index (κ1) is 13.9. The fraction of sp³-hybridized carbons (Fsp3) is 0.533. The van der Waals surface area contributed by atoms with E-state index < -0.39 is 6.10 Å². The quantitative estimate of drug-likeness (QED) is 0.648. The Morgan fingerprint density at radius 3 is 2.84 bits per heavy atom. The summed E-state index contributed by atoms with van der Waals surface area (Å²) in [5.41, 5.74) is 4.10. The van der Waals surface area contributed by atoms with Crippen LogP contribution in [0, 0.1) is 12.3 Å². The standard InChI is InChI=1S/C15H21NO3/c1-4-19-15(16)13(17)12-11-7-5-6-10(11)8-9(2)14(12)18-3/h8,13,16-17H,4-7H2,1-3H3. The molecule has 0 aliphatic heterocycles. The number of fused-ring (bicyclic) bond motifs is 1. The third-order valence-electron chi connectivity index (χ3n) is 3.60. The molecule has 1 aliphatic rings. The zero-order valence-corrected chi connectivity index (χ0v) is 11.7. The van der Waals surface area contributed by atoms with Crippen molar-refractivity contribution in [1.29, 1.82) is 5.41 Å². The maximum absolute atomic E-state index is 10.4. The molecule has 0 aromatic heterocycles. The summed E-state index contributed by atoms with van der Waals surface area (Å²) in [5, 5.41) is 18.2. The second-order valence-corrected chi connectivity index (χ2v) is 4.83. The summed E-state index contributed by atoms with van der Waals surface area (Å²) >= 11 is 0. The van der Waals surface area contributed by atoms with Crippen LogP contribution >= 0.6 is 0 Å². The van der Waals surface area contributed by atoms with Gasteiger partial charge >= 0.3 is 0 Å². The monoisotopic (exact) mass is 263 g/mol. The van der Waals surface area contributed by atoms with Crippen molar-refractivity contribution in [2.75, 3.05) is 13.7 Å². The van der Waals surface area contributed by atoms with E-state index in [1.807, 2.05) is 6.92 Å². The Bertz CT molecular complexity index is 493. The van der Waals surface area contributed by atoms with Crippen LogP contribution in [0.5, 0.6) is 5.75 Å². The van der Waals surface area contributed by atoms with Crippen molar-refractivity contribution in [1.82, 2.24) is 0 Å². The summed E-state index contributed by atoms with van der Waals surface area (Å²) in [4.78, 5) is 0. The lowest BCUT2D eigenvalue weighted by Gasteiger charge is -2.21. The van der Waals surface area contributed by atoms with E-state index in [4.69, 9.17) is 14.9 Å². The second-order valence-electron chi connectivity index (χ2n) is 4.83. The summed E-state index contributed by atoms with van der Waals surface area (Å²) in [5.74, 6) is 0.568. The van der Waals surface area contributed by atoms with Gasteiger partial charge < -0.3 is 14.6 Å². The Morgan fingerprint density at radius 2 is 2.21 bits per heavy atom. The highest BCUT2D eigenvalue weighted by atomic mass is 16.5. The Kier molecular flexibility index (Phi) is 4.10. The molecule has 0 heterocycles. The van der Waals surface area contributed by atoms with Crippen LogP contribution in [0.3, 0.4) is 0 Å². The Balaban J connectivity index is 2.51. The molecule has 104 valence electrons. The summed E-state index contributed by atoms with van der Waals surface area (Å²) in [6, 6.07) is 2.13. The number of aliphatic hydroxyl groups is 1. The Labute approximate surface area is 113 Å². The molecule has 0 fully saturated rings. The van der Waals surface area contributed by atoms with Crippen LogP contribution in [0.2, 0.25) is 0 Å². The van der Waals surface area contributed by atoms with Gasteiger partial charge in [0.1, 0.15) is 5.75 Å². The first-order valence-corrected chi connectivity index (χ1v) is 6.68. The SMILES string of the molecule is CCOC(=N)C(O)c1c2c(cc(C)c1OC)CCC2. The highest BCUT2D eigenvalue weighted by molar-refractivity contribution is 5.81. The summed E-state index contributed by atoms with van der Waals surface area (Å²) in [7, 11) is 1.60. The number of ether oxygens (including phenoxy) is 2. The maximum Gasteiger partial charge on any atom is 0.215 e. The minimum absolute atomic E-state index is 0.111. The number of hydrogen-bond acceptors (Lipinski definition) is 4. The minimum atomic E-state index is -1.04. The van der Waals surface area contributed by atoms with Gasteiger partial charge in [-0.25, -0.2) is 0 Å². The number of hydrogen-bond donors (Lipinski definition) is 2. The van der Waals surface area contributed by atoms with Crippen LogP contribution < -0.4 is 4.74 Å². The molecule has 1 aromatic carbocycles. The molecule has 0 spiro atoms. The minimum Gasteiger partial charge on any atom is -0.496 e. The van der Waals surface area contributed by atoms with Gasteiger partial charge in [0.2, 0.25) is 5.90 Å². The van der Waals surface area contributed by atoms with Gasteiger partial charge in [0, 0.05) is 5.56 Å². The summed E-state index contributed by atoms with van der Waals surface area (Å²) in [6.45, 7) is 4.16. The highest BCUT2D eigenvalue weighted by Gasteiger charge is 2.28. The van der Waals surface area contributed by atoms with Crippen molar-refractivity contribution in [3.05, 3.63) is 28.3 Å². The molecule has 19 heavy (non-hydrogen) atoms. The fourth-order valence-electron chi connectivity index (χ4n) is 2.84. The molecule has 0 amide bonds. The van der Waals surface area contributed by atoms with Crippen LogP contribution in [0.15, 0.2) is 6.07 Å². The first-order chi connectivity index (χ1) is 9.10. The van der Waals surface area contributed by atoms with E-state index in [0.717, 1.165) is 30.4 Å². The number of benzene rings is 1. The third-order valence-corrected chi connectivity index (χ3v) is 3.60. The lowest BCUT2D eigenvalue weighted by Crippen LogP contribution is -2.17. The predicted molar refractivity (Wildman–Crippen MR) is 74.1 cm³/mol. The van der Waals surface area contributed by atoms with Crippen LogP contribution in [0.1, 0.15) is 41.7 Å². The zero-order chi connectivity index (χ0) is 14.0. The van der Waals surface area contributed by atoms with Crippen molar-refractivity contribution in [3.8, 4) is 5.75 Å². The average molecular weight is 263 g/mol. The van der Waals surface area contributed by atoms with E-state index in [0.29, 0.717) is 17.9 Å². The smallest absolute Gasteiger partial charge is 0.215 e. The number of aryl methyl sites for hydroxylation is 2. The lowest BCUT2D eigenvalue weighted by atomic mass is 9.94. The molecule has 1 unspecified atom stereocenters. The highest BCUT2D eigenvalue weighted by Crippen LogP contribution is 2.39. The van der Waals surface area contributed by atoms with E-state index in [1.54, 1.807) is 14.0 Å². The molecule has 0 saturated carbocycles. The molecule has 4 nitrogen and oxygen atoms in total. The first-order valence-electron chi connectivity index (χ1n) is 6.68. The van der Waals surface area contributed by atoms with Gasteiger partial charge in [-0.3, -0.25) is 5.41 Å². The molecule has 0 radical (unpaired) electrons. The molecular formula is C15H21NO3. The molecule has 4 heteroatoms. The molecule has 0 saturated heterocycles. The number of methoxy groups -OCH3 is 1. The Morgan fingerprint density at radius 1 is 1.47 bits per heavy atom. The van der Waals surface area contributed by atoms with E-state index in [1.165, 1.54) is 5.56 Å². The van der Waals surface area contributed by atoms with Gasteiger partial charge in [-0.05, 0) is 49.8 Å². The van der Waals surface area contributed by atoms with Crippen LogP contribution in [-0.4, -0.2) is 24.7 Å². The van der Waals surface area contributed by atoms with E-state index in [2.05, 4.69) is 6.07 Å². The van der Waals surface area contributed by atoms with Crippen LogP contribution in [0.25, 0.3) is 0 Å². The van der Waals surface area contributed by atoms with E-state index >= 15 is 0 Å². The summed E-state index contributed by atoms with van der Waals surface area (Å²) in [6.07, 6.45) is 2.00. The number of nitrogens with one attached hydrogen (secondary N) is 1. The lowest BCUT2D eigenvalue weighted by molar-refractivity contribution is 0.186.